The van der Waals surface area contributed by atoms with E-state index in [4.69, 9.17) is 4.74 Å². The number of carbonyl (C=O) groups excluding carboxylic acids is 1. The van der Waals surface area contributed by atoms with E-state index in [1.807, 2.05) is 37.3 Å². The number of carbonyl (C=O) groups is 2. The van der Waals surface area contributed by atoms with E-state index in [1.165, 1.54) is 0 Å². The lowest BCUT2D eigenvalue weighted by molar-refractivity contribution is -0.138. The maximum absolute atomic E-state index is 11.9. The fourth-order valence-electron chi connectivity index (χ4n) is 2.38. The normalized spacial score (nSPS) is 11.5. The quantitative estimate of drug-likeness (QED) is 0.781. The van der Waals surface area contributed by atoms with Crippen molar-refractivity contribution in [2.45, 2.75) is 19.3 Å². The van der Waals surface area contributed by atoms with Crippen molar-refractivity contribution in [3.63, 3.8) is 0 Å². The molecule has 0 spiro atoms. The fourth-order valence-corrected chi connectivity index (χ4v) is 2.38. The number of carboxylic acids is 1. The SMILES string of the molecule is CCc1ccccc1OCC(=O)NCC(C(=O)O)c1ccccc1. The summed E-state index contributed by atoms with van der Waals surface area (Å²) >= 11 is 0. The van der Waals surface area contributed by atoms with E-state index in [-0.39, 0.29) is 19.1 Å². The fraction of sp³-hybridized carbons (Fsp3) is 0.263. The van der Waals surface area contributed by atoms with Crippen LogP contribution in [0.4, 0.5) is 0 Å². The second kappa shape index (κ2) is 8.72. The van der Waals surface area contributed by atoms with Gasteiger partial charge in [-0.05, 0) is 23.6 Å². The van der Waals surface area contributed by atoms with Crippen molar-refractivity contribution in [2.24, 2.45) is 0 Å². The first-order valence-electron chi connectivity index (χ1n) is 7.87. The van der Waals surface area contributed by atoms with Crippen LogP contribution in [0.15, 0.2) is 54.6 Å². The zero-order valence-corrected chi connectivity index (χ0v) is 13.6. The molecule has 1 amide bonds. The summed E-state index contributed by atoms with van der Waals surface area (Å²) < 4.78 is 5.53. The average molecular weight is 327 g/mol. The maximum atomic E-state index is 11.9. The van der Waals surface area contributed by atoms with E-state index >= 15 is 0 Å². The topological polar surface area (TPSA) is 75.6 Å². The molecule has 0 aliphatic carbocycles. The number of aliphatic carboxylic acids is 1. The van der Waals surface area contributed by atoms with Crippen LogP contribution in [0, 0.1) is 0 Å². The summed E-state index contributed by atoms with van der Waals surface area (Å²) in [6.45, 7) is 1.90. The van der Waals surface area contributed by atoms with Crippen LogP contribution in [0.2, 0.25) is 0 Å². The van der Waals surface area contributed by atoms with Gasteiger partial charge in [-0.25, -0.2) is 0 Å². The minimum atomic E-state index is -0.973. The molecular formula is C19H21NO4. The van der Waals surface area contributed by atoms with E-state index in [0.717, 1.165) is 12.0 Å². The summed E-state index contributed by atoms with van der Waals surface area (Å²) in [5.74, 6) is -1.42. The number of ether oxygens (including phenoxy) is 1. The van der Waals surface area contributed by atoms with Crippen LogP contribution < -0.4 is 10.1 Å². The molecule has 5 nitrogen and oxygen atoms in total. The van der Waals surface area contributed by atoms with Gasteiger partial charge in [0.15, 0.2) is 6.61 Å². The van der Waals surface area contributed by atoms with Crippen molar-refractivity contribution in [1.82, 2.24) is 5.32 Å². The highest BCUT2D eigenvalue weighted by molar-refractivity contribution is 5.80. The zero-order chi connectivity index (χ0) is 17.4. The second-order valence-electron chi connectivity index (χ2n) is 5.36. The van der Waals surface area contributed by atoms with Crippen molar-refractivity contribution in [2.75, 3.05) is 13.2 Å². The Morgan fingerprint density at radius 1 is 1.08 bits per heavy atom. The molecule has 1 unspecified atom stereocenters. The van der Waals surface area contributed by atoms with Crippen LogP contribution in [0.25, 0.3) is 0 Å². The summed E-state index contributed by atoms with van der Waals surface area (Å²) in [5, 5.41) is 12.0. The lowest BCUT2D eigenvalue weighted by Gasteiger charge is -2.14. The molecule has 5 heteroatoms. The number of carboxylic acid groups (broad SMARTS) is 1. The third-order valence-corrected chi connectivity index (χ3v) is 3.72. The summed E-state index contributed by atoms with van der Waals surface area (Å²) in [5.41, 5.74) is 1.68. The number of aryl methyl sites for hydroxylation is 1. The van der Waals surface area contributed by atoms with Gasteiger partial charge in [0.1, 0.15) is 5.75 Å². The molecule has 24 heavy (non-hydrogen) atoms. The van der Waals surface area contributed by atoms with Crippen LogP contribution in [0.3, 0.4) is 0 Å². The highest BCUT2D eigenvalue weighted by Crippen LogP contribution is 2.18. The number of para-hydroxylation sites is 1. The van der Waals surface area contributed by atoms with Gasteiger partial charge in [0.05, 0.1) is 5.92 Å². The van der Waals surface area contributed by atoms with Gasteiger partial charge in [0.2, 0.25) is 0 Å². The first kappa shape index (κ1) is 17.5. The highest BCUT2D eigenvalue weighted by Gasteiger charge is 2.20. The number of rotatable bonds is 8. The molecule has 2 aromatic carbocycles. The maximum Gasteiger partial charge on any atom is 0.312 e. The Morgan fingerprint density at radius 3 is 2.42 bits per heavy atom. The lowest BCUT2D eigenvalue weighted by atomic mass is 9.99. The number of benzene rings is 2. The van der Waals surface area contributed by atoms with Crippen molar-refractivity contribution in [3.05, 3.63) is 65.7 Å². The molecule has 0 saturated heterocycles. The summed E-state index contributed by atoms with van der Waals surface area (Å²) in [4.78, 5) is 23.3. The largest absolute Gasteiger partial charge is 0.483 e. The molecule has 0 aliphatic rings. The smallest absolute Gasteiger partial charge is 0.312 e. The van der Waals surface area contributed by atoms with E-state index in [9.17, 15) is 14.7 Å². The first-order chi connectivity index (χ1) is 11.6. The minimum Gasteiger partial charge on any atom is -0.483 e. The van der Waals surface area contributed by atoms with E-state index in [0.29, 0.717) is 11.3 Å². The Kier molecular flexibility index (Phi) is 6.37. The molecule has 2 aromatic rings. The number of nitrogens with one attached hydrogen (secondary N) is 1. The summed E-state index contributed by atoms with van der Waals surface area (Å²) in [7, 11) is 0. The van der Waals surface area contributed by atoms with Gasteiger partial charge in [-0.3, -0.25) is 9.59 Å². The molecule has 0 radical (unpaired) electrons. The molecule has 0 saturated carbocycles. The van der Waals surface area contributed by atoms with Crippen LogP contribution in [0.5, 0.6) is 5.75 Å². The molecule has 0 bridgehead atoms. The predicted molar refractivity (Wildman–Crippen MR) is 91.1 cm³/mol. The van der Waals surface area contributed by atoms with Gasteiger partial charge in [-0.1, -0.05) is 55.5 Å². The molecular weight excluding hydrogens is 306 g/mol. The zero-order valence-electron chi connectivity index (χ0n) is 13.6. The second-order valence-corrected chi connectivity index (χ2v) is 5.36. The molecule has 0 aromatic heterocycles. The van der Waals surface area contributed by atoms with E-state index < -0.39 is 11.9 Å². The molecule has 126 valence electrons. The van der Waals surface area contributed by atoms with Gasteiger partial charge in [0, 0.05) is 6.54 Å². The predicted octanol–water partition coefficient (Wildman–Crippen LogP) is 2.61. The van der Waals surface area contributed by atoms with E-state index in [1.54, 1.807) is 24.3 Å². The van der Waals surface area contributed by atoms with Crippen LogP contribution in [-0.4, -0.2) is 30.1 Å². The minimum absolute atomic E-state index is 0.0248. The Morgan fingerprint density at radius 2 is 1.75 bits per heavy atom. The number of hydrogen-bond donors (Lipinski definition) is 2. The standard InChI is InChI=1S/C19H21NO4/c1-2-14-8-6-7-11-17(14)24-13-18(21)20-12-16(19(22)23)15-9-4-3-5-10-15/h3-11,16H,2,12-13H2,1H3,(H,20,21)(H,22,23). The number of amides is 1. The Bertz CT molecular complexity index is 685. The Labute approximate surface area is 141 Å². The molecule has 2 rings (SSSR count). The van der Waals surface area contributed by atoms with Gasteiger partial charge in [-0.2, -0.15) is 0 Å². The molecule has 0 aliphatic heterocycles. The molecule has 1 atom stereocenters. The number of hydrogen-bond acceptors (Lipinski definition) is 3. The van der Waals surface area contributed by atoms with Crippen LogP contribution >= 0.6 is 0 Å². The van der Waals surface area contributed by atoms with Crippen LogP contribution in [0.1, 0.15) is 24.0 Å². The van der Waals surface area contributed by atoms with Crippen LogP contribution in [-0.2, 0) is 16.0 Å². The molecule has 2 N–H and O–H groups in total. The monoisotopic (exact) mass is 327 g/mol. The van der Waals surface area contributed by atoms with Crippen molar-refractivity contribution in [3.8, 4) is 5.75 Å². The van der Waals surface area contributed by atoms with Gasteiger partial charge < -0.3 is 15.2 Å². The summed E-state index contributed by atoms with van der Waals surface area (Å²) in [6.07, 6.45) is 0.812. The Hall–Kier alpha value is -2.82. The van der Waals surface area contributed by atoms with Crippen molar-refractivity contribution >= 4 is 11.9 Å². The molecule has 0 heterocycles. The lowest BCUT2D eigenvalue weighted by Crippen LogP contribution is -2.34. The molecule has 0 fully saturated rings. The third kappa shape index (κ3) is 4.84. The van der Waals surface area contributed by atoms with Gasteiger partial charge >= 0.3 is 5.97 Å². The first-order valence-corrected chi connectivity index (χ1v) is 7.87. The summed E-state index contributed by atoms with van der Waals surface area (Å²) in [6, 6.07) is 16.4. The third-order valence-electron chi connectivity index (χ3n) is 3.72. The van der Waals surface area contributed by atoms with Crippen molar-refractivity contribution < 1.29 is 19.4 Å². The Balaban J connectivity index is 1.89. The highest BCUT2D eigenvalue weighted by atomic mass is 16.5. The van der Waals surface area contributed by atoms with Crippen molar-refractivity contribution in [1.29, 1.82) is 0 Å². The van der Waals surface area contributed by atoms with Gasteiger partial charge in [0.25, 0.3) is 5.91 Å². The average Bonchev–Trinajstić information content (AvgIpc) is 2.61. The van der Waals surface area contributed by atoms with Gasteiger partial charge in [-0.15, -0.1) is 0 Å². The van der Waals surface area contributed by atoms with E-state index in [2.05, 4.69) is 5.32 Å².